The standard InChI is InChI=1S/C37H40O6SSi/c1-37(2,3)45(28-21-13-7-14-22-28,29-23-15-8-16-24-29)43-32-31-30(25-39-35(42-31)27-19-11-6-12-20-27)40-36(44-4)33(32)41-34(38)26-17-9-5-10-18-26/h5-24,30-33,35-36H,25H2,1-4H3/t30?,31-,32?,33-,35?,36-/m0/s1. The molecule has 0 N–H and O–H groups in total. The summed E-state index contributed by atoms with van der Waals surface area (Å²) in [6, 6.07) is 39.9. The first-order valence-electron chi connectivity index (χ1n) is 15.4. The van der Waals surface area contributed by atoms with Gasteiger partial charge in [-0.25, -0.2) is 4.79 Å². The SMILES string of the molecule is CS[C@@H]1OC2COC(c3ccccc3)O[C@@H]2C(O[Si](c2ccccc2)(c2ccccc2)C(C)(C)C)[C@@H]1OC(=O)c1ccccc1. The molecule has 0 radical (unpaired) electrons. The molecule has 6 nitrogen and oxygen atoms in total. The minimum atomic E-state index is -3.11. The van der Waals surface area contributed by atoms with Gasteiger partial charge in [0.1, 0.15) is 23.7 Å². The van der Waals surface area contributed by atoms with Crippen LogP contribution in [0.2, 0.25) is 5.04 Å². The summed E-state index contributed by atoms with van der Waals surface area (Å²) in [7, 11) is -3.11. The van der Waals surface area contributed by atoms with Gasteiger partial charge in [-0.3, -0.25) is 0 Å². The summed E-state index contributed by atoms with van der Waals surface area (Å²) in [5.41, 5.74) is 0.881. The summed E-state index contributed by atoms with van der Waals surface area (Å²) in [6.07, 6.45) is -1.05. The largest absolute Gasteiger partial charge is 0.452 e. The first-order valence-corrected chi connectivity index (χ1v) is 18.6. The molecule has 0 amide bonds. The lowest BCUT2D eigenvalue weighted by molar-refractivity contribution is -0.315. The lowest BCUT2D eigenvalue weighted by atomic mass is 9.98. The predicted molar refractivity (Wildman–Crippen MR) is 180 cm³/mol. The quantitative estimate of drug-likeness (QED) is 0.164. The van der Waals surface area contributed by atoms with Gasteiger partial charge in [-0.05, 0) is 33.8 Å². The van der Waals surface area contributed by atoms with Gasteiger partial charge in [-0.15, -0.1) is 11.8 Å². The molecular weight excluding hydrogens is 601 g/mol. The fraction of sp³-hybridized carbons (Fsp3) is 0.324. The zero-order valence-corrected chi connectivity index (χ0v) is 27.9. The first-order chi connectivity index (χ1) is 21.8. The van der Waals surface area contributed by atoms with E-state index in [1.165, 1.54) is 11.8 Å². The maximum atomic E-state index is 13.7. The van der Waals surface area contributed by atoms with E-state index in [0.717, 1.165) is 15.9 Å². The Morgan fingerprint density at radius 1 is 0.756 bits per heavy atom. The molecule has 3 unspecified atom stereocenters. The van der Waals surface area contributed by atoms with Crippen LogP contribution in [0.25, 0.3) is 0 Å². The third-order valence-corrected chi connectivity index (χ3v) is 14.4. The smallest absolute Gasteiger partial charge is 0.338 e. The zero-order chi connectivity index (χ0) is 31.4. The Bertz CT molecular complexity index is 1490. The summed E-state index contributed by atoms with van der Waals surface area (Å²) in [5, 5.41) is 1.95. The first kappa shape index (κ1) is 31.7. The average Bonchev–Trinajstić information content (AvgIpc) is 3.08. The number of carbonyl (C=O) groups excluding carboxylic acids is 1. The molecule has 0 spiro atoms. The van der Waals surface area contributed by atoms with Gasteiger partial charge in [0.15, 0.2) is 12.4 Å². The summed E-state index contributed by atoms with van der Waals surface area (Å²) in [5.74, 6) is -0.426. The average molecular weight is 641 g/mol. The van der Waals surface area contributed by atoms with Crippen molar-refractivity contribution >= 4 is 36.4 Å². The van der Waals surface area contributed by atoms with Crippen molar-refractivity contribution in [2.75, 3.05) is 12.9 Å². The third-order valence-electron chi connectivity index (χ3n) is 8.57. The minimum absolute atomic E-state index is 0.309. The number of carbonyl (C=O) groups is 1. The Kier molecular flexibility index (Phi) is 9.61. The van der Waals surface area contributed by atoms with Crippen LogP contribution < -0.4 is 10.4 Å². The highest BCUT2D eigenvalue weighted by molar-refractivity contribution is 7.99. The molecule has 234 valence electrons. The van der Waals surface area contributed by atoms with Crippen LogP contribution in [-0.2, 0) is 23.4 Å². The number of rotatable bonds is 8. The zero-order valence-electron chi connectivity index (χ0n) is 26.1. The fourth-order valence-corrected chi connectivity index (χ4v) is 11.9. The second-order valence-corrected chi connectivity index (χ2v) is 17.6. The summed E-state index contributed by atoms with van der Waals surface area (Å²) < 4.78 is 33.7. The van der Waals surface area contributed by atoms with E-state index in [1.807, 2.05) is 66.9 Å². The Morgan fingerprint density at radius 2 is 1.29 bits per heavy atom. The molecule has 4 aromatic carbocycles. The van der Waals surface area contributed by atoms with E-state index in [1.54, 1.807) is 12.1 Å². The van der Waals surface area contributed by atoms with Crippen molar-refractivity contribution in [3.05, 3.63) is 132 Å². The van der Waals surface area contributed by atoms with Crippen molar-refractivity contribution in [2.24, 2.45) is 0 Å². The van der Waals surface area contributed by atoms with Crippen molar-refractivity contribution in [1.82, 2.24) is 0 Å². The monoisotopic (exact) mass is 640 g/mol. The highest BCUT2D eigenvalue weighted by atomic mass is 32.2. The van der Waals surface area contributed by atoms with E-state index >= 15 is 0 Å². The van der Waals surface area contributed by atoms with Crippen molar-refractivity contribution in [3.8, 4) is 0 Å². The maximum Gasteiger partial charge on any atom is 0.338 e. The lowest BCUT2D eigenvalue weighted by Gasteiger charge is -2.53. The van der Waals surface area contributed by atoms with Gasteiger partial charge in [-0.1, -0.05) is 130 Å². The summed E-state index contributed by atoms with van der Waals surface area (Å²) in [4.78, 5) is 13.7. The van der Waals surface area contributed by atoms with E-state index in [-0.39, 0.29) is 5.04 Å². The topological polar surface area (TPSA) is 63.2 Å². The van der Waals surface area contributed by atoms with E-state index in [0.29, 0.717) is 12.2 Å². The molecule has 0 aliphatic carbocycles. The van der Waals surface area contributed by atoms with Crippen LogP contribution in [0.15, 0.2) is 121 Å². The van der Waals surface area contributed by atoms with E-state index in [2.05, 4.69) is 69.3 Å². The number of fused-ring (bicyclic) bond motifs is 1. The molecule has 2 saturated heterocycles. The second kappa shape index (κ2) is 13.6. The van der Waals surface area contributed by atoms with Crippen LogP contribution in [0, 0.1) is 0 Å². The Balaban J connectivity index is 1.49. The normalized spacial score (nSPS) is 25.2. The molecule has 8 heteroatoms. The minimum Gasteiger partial charge on any atom is -0.452 e. The molecule has 2 aliphatic heterocycles. The summed E-state index contributed by atoms with van der Waals surface area (Å²) >= 11 is 1.50. The van der Waals surface area contributed by atoms with E-state index < -0.39 is 50.4 Å². The molecule has 2 fully saturated rings. The second-order valence-electron chi connectivity index (χ2n) is 12.4. The van der Waals surface area contributed by atoms with Gasteiger partial charge in [0, 0.05) is 5.56 Å². The van der Waals surface area contributed by atoms with Crippen molar-refractivity contribution in [2.45, 2.75) is 62.0 Å². The number of hydrogen-bond acceptors (Lipinski definition) is 7. The molecule has 2 heterocycles. The third kappa shape index (κ3) is 6.41. The lowest BCUT2D eigenvalue weighted by Crippen LogP contribution is -2.72. The molecule has 0 aromatic heterocycles. The van der Waals surface area contributed by atoms with Crippen molar-refractivity contribution in [1.29, 1.82) is 0 Å². The molecule has 6 rings (SSSR count). The van der Waals surface area contributed by atoms with Gasteiger partial charge in [-0.2, -0.15) is 0 Å². The Hall–Kier alpha value is -3.24. The molecule has 45 heavy (non-hydrogen) atoms. The molecule has 0 bridgehead atoms. The van der Waals surface area contributed by atoms with Gasteiger partial charge in [0.25, 0.3) is 8.32 Å². The number of hydrogen-bond donors (Lipinski definition) is 0. The van der Waals surface area contributed by atoms with Crippen LogP contribution in [0.3, 0.4) is 0 Å². The van der Waals surface area contributed by atoms with Crippen LogP contribution in [0.5, 0.6) is 0 Å². The fourth-order valence-electron chi connectivity index (χ4n) is 6.44. The highest BCUT2D eigenvalue weighted by Crippen LogP contribution is 2.44. The van der Waals surface area contributed by atoms with Crippen LogP contribution in [0.1, 0.15) is 43.0 Å². The molecular formula is C37H40O6SSi. The van der Waals surface area contributed by atoms with Gasteiger partial charge in [0.2, 0.25) is 0 Å². The number of thioether (sulfide) groups is 1. The van der Waals surface area contributed by atoms with Crippen molar-refractivity contribution < 1.29 is 28.2 Å². The van der Waals surface area contributed by atoms with Gasteiger partial charge >= 0.3 is 5.97 Å². The van der Waals surface area contributed by atoms with E-state index in [9.17, 15) is 4.79 Å². The predicted octanol–water partition coefficient (Wildman–Crippen LogP) is 6.36. The van der Waals surface area contributed by atoms with Gasteiger partial charge in [0.05, 0.1) is 12.2 Å². The highest BCUT2D eigenvalue weighted by Gasteiger charge is 2.59. The number of esters is 1. The van der Waals surface area contributed by atoms with Gasteiger partial charge < -0.3 is 23.4 Å². The number of ether oxygens (including phenoxy) is 4. The van der Waals surface area contributed by atoms with Crippen LogP contribution in [0.4, 0.5) is 0 Å². The Morgan fingerprint density at radius 3 is 1.82 bits per heavy atom. The van der Waals surface area contributed by atoms with Crippen LogP contribution in [-0.4, -0.2) is 57.0 Å². The summed E-state index contributed by atoms with van der Waals surface area (Å²) in [6.45, 7) is 7.04. The molecule has 0 saturated carbocycles. The van der Waals surface area contributed by atoms with Crippen molar-refractivity contribution in [3.63, 3.8) is 0 Å². The van der Waals surface area contributed by atoms with Crippen LogP contribution >= 0.6 is 11.8 Å². The Labute approximate surface area is 271 Å². The molecule has 6 atom stereocenters. The maximum absolute atomic E-state index is 13.7. The molecule has 4 aromatic rings. The van der Waals surface area contributed by atoms with E-state index in [4.69, 9.17) is 23.4 Å². The number of benzene rings is 4. The molecule has 2 aliphatic rings.